The predicted octanol–water partition coefficient (Wildman–Crippen LogP) is 5.22. The number of nitrogens with zero attached hydrogens (tertiary/aromatic N) is 1. The van der Waals surface area contributed by atoms with Gasteiger partial charge < -0.3 is 9.47 Å². The summed E-state index contributed by atoms with van der Waals surface area (Å²) in [5, 5.41) is 0. The minimum absolute atomic E-state index is 0.343. The van der Waals surface area contributed by atoms with Crippen LogP contribution in [0.3, 0.4) is 0 Å². The van der Waals surface area contributed by atoms with Crippen molar-refractivity contribution in [2.24, 2.45) is 5.92 Å². The summed E-state index contributed by atoms with van der Waals surface area (Å²) < 4.78 is 10.9. The van der Waals surface area contributed by atoms with Crippen molar-refractivity contribution >= 4 is 5.97 Å². The van der Waals surface area contributed by atoms with Crippen LogP contribution in [0.15, 0.2) is 30.3 Å². The molecule has 140 valence electrons. The van der Waals surface area contributed by atoms with Gasteiger partial charge in [-0.3, -0.25) is 4.98 Å². The number of aryl methyl sites for hydroxylation is 1. The number of esters is 1. The highest BCUT2D eigenvalue weighted by Crippen LogP contribution is 2.30. The maximum atomic E-state index is 12.8. The Morgan fingerprint density at radius 3 is 2.27 bits per heavy atom. The fourth-order valence-electron chi connectivity index (χ4n) is 2.85. The first-order valence-corrected chi connectivity index (χ1v) is 8.99. The number of pyridine rings is 1. The van der Waals surface area contributed by atoms with Crippen molar-refractivity contribution in [3.8, 4) is 16.9 Å². The van der Waals surface area contributed by atoms with Gasteiger partial charge in [-0.15, -0.1) is 0 Å². The van der Waals surface area contributed by atoms with E-state index in [0.717, 1.165) is 29.0 Å². The van der Waals surface area contributed by atoms with Crippen LogP contribution in [0.1, 0.15) is 56.4 Å². The fourth-order valence-corrected chi connectivity index (χ4v) is 2.85. The van der Waals surface area contributed by atoms with Crippen LogP contribution >= 0.6 is 0 Å². The van der Waals surface area contributed by atoms with E-state index in [2.05, 4.69) is 18.8 Å². The second-order valence-corrected chi connectivity index (χ2v) is 7.95. The van der Waals surface area contributed by atoms with Gasteiger partial charge in [0.2, 0.25) is 0 Å². The molecule has 0 aliphatic heterocycles. The lowest BCUT2D eigenvalue weighted by atomic mass is 9.95. The van der Waals surface area contributed by atoms with Crippen LogP contribution < -0.4 is 4.74 Å². The topological polar surface area (TPSA) is 48.4 Å². The van der Waals surface area contributed by atoms with E-state index < -0.39 is 5.60 Å². The highest BCUT2D eigenvalue weighted by molar-refractivity contribution is 5.98. The molecule has 26 heavy (non-hydrogen) atoms. The van der Waals surface area contributed by atoms with Crippen LogP contribution in [0.25, 0.3) is 11.1 Å². The number of rotatable bonds is 5. The predicted molar refractivity (Wildman–Crippen MR) is 105 cm³/mol. The third kappa shape index (κ3) is 5.07. The molecule has 1 heterocycles. The maximum Gasteiger partial charge on any atom is 0.341 e. The molecular formula is C22H29NO3. The first-order valence-electron chi connectivity index (χ1n) is 8.99. The third-order valence-corrected chi connectivity index (χ3v) is 3.87. The van der Waals surface area contributed by atoms with E-state index >= 15 is 0 Å². The standard InChI is InChI=1S/C22H29NO3/c1-14(2)12-17-13-19(16-8-10-18(25-7)11-9-16)20(15(3)23-17)21(24)26-22(4,5)6/h8-11,13-14H,12H2,1-7H3. The van der Waals surface area contributed by atoms with E-state index in [1.165, 1.54) is 0 Å². The molecule has 0 atom stereocenters. The monoisotopic (exact) mass is 355 g/mol. The van der Waals surface area contributed by atoms with Gasteiger partial charge in [-0.2, -0.15) is 0 Å². The van der Waals surface area contributed by atoms with Gasteiger partial charge >= 0.3 is 5.97 Å². The average molecular weight is 355 g/mol. The van der Waals surface area contributed by atoms with E-state index in [1.54, 1.807) is 7.11 Å². The summed E-state index contributed by atoms with van der Waals surface area (Å²) in [5.74, 6) is 0.920. The SMILES string of the molecule is COc1ccc(-c2cc(CC(C)C)nc(C)c2C(=O)OC(C)(C)C)cc1. The van der Waals surface area contributed by atoms with Crippen LogP contribution in [0.2, 0.25) is 0 Å². The number of aromatic nitrogens is 1. The first-order chi connectivity index (χ1) is 12.1. The summed E-state index contributed by atoms with van der Waals surface area (Å²) in [6, 6.07) is 9.72. The zero-order valence-corrected chi connectivity index (χ0v) is 16.8. The zero-order valence-electron chi connectivity index (χ0n) is 16.8. The van der Waals surface area contributed by atoms with Gasteiger partial charge in [0, 0.05) is 5.69 Å². The van der Waals surface area contributed by atoms with Crippen LogP contribution in [0.4, 0.5) is 0 Å². The maximum absolute atomic E-state index is 12.8. The number of hydrogen-bond donors (Lipinski definition) is 0. The largest absolute Gasteiger partial charge is 0.497 e. The van der Waals surface area contributed by atoms with E-state index in [9.17, 15) is 4.79 Å². The summed E-state index contributed by atoms with van der Waals surface area (Å²) in [4.78, 5) is 17.5. The number of carbonyl (C=O) groups excluding carboxylic acids is 1. The summed E-state index contributed by atoms with van der Waals surface area (Å²) in [5.41, 5.74) is 3.45. The molecule has 0 bridgehead atoms. The van der Waals surface area contributed by atoms with E-state index in [-0.39, 0.29) is 5.97 Å². The van der Waals surface area contributed by atoms with E-state index in [4.69, 9.17) is 9.47 Å². The molecule has 0 aliphatic rings. The van der Waals surface area contributed by atoms with Crippen molar-refractivity contribution in [2.75, 3.05) is 7.11 Å². The third-order valence-electron chi connectivity index (χ3n) is 3.87. The summed E-state index contributed by atoms with van der Waals surface area (Å²) >= 11 is 0. The molecule has 0 N–H and O–H groups in total. The first kappa shape index (κ1) is 20.0. The van der Waals surface area contributed by atoms with Crippen LogP contribution in [-0.2, 0) is 11.2 Å². The molecule has 0 spiro atoms. The molecule has 2 rings (SSSR count). The van der Waals surface area contributed by atoms with Crippen molar-refractivity contribution in [1.29, 1.82) is 0 Å². The quantitative estimate of drug-likeness (QED) is 0.690. The minimum atomic E-state index is -0.558. The van der Waals surface area contributed by atoms with Crippen molar-refractivity contribution in [2.45, 2.75) is 53.6 Å². The van der Waals surface area contributed by atoms with Crippen LogP contribution in [0.5, 0.6) is 5.75 Å². The molecular weight excluding hydrogens is 326 g/mol. The van der Waals surface area contributed by atoms with Gasteiger partial charge in [0.25, 0.3) is 0 Å². The van der Waals surface area contributed by atoms with E-state index in [1.807, 2.05) is 58.0 Å². The Balaban J connectivity index is 2.59. The summed E-state index contributed by atoms with van der Waals surface area (Å²) in [6.07, 6.45) is 0.860. The molecule has 0 unspecified atom stereocenters. The summed E-state index contributed by atoms with van der Waals surface area (Å²) in [7, 11) is 1.64. The van der Waals surface area contributed by atoms with Crippen LogP contribution in [0, 0.1) is 12.8 Å². The van der Waals surface area contributed by atoms with Crippen molar-refractivity contribution in [3.63, 3.8) is 0 Å². The Hall–Kier alpha value is -2.36. The Kier molecular flexibility index (Phi) is 6.06. The fraction of sp³-hybridized carbons (Fsp3) is 0.455. The lowest BCUT2D eigenvalue weighted by molar-refractivity contribution is 0.00691. The van der Waals surface area contributed by atoms with Crippen molar-refractivity contribution in [1.82, 2.24) is 4.98 Å². The molecule has 4 heteroatoms. The molecule has 1 aromatic carbocycles. The molecule has 0 saturated heterocycles. The molecule has 2 aromatic rings. The van der Waals surface area contributed by atoms with Gasteiger partial charge in [-0.1, -0.05) is 26.0 Å². The average Bonchev–Trinajstić information content (AvgIpc) is 2.52. The molecule has 0 amide bonds. The van der Waals surface area contributed by atoms with Gasteiger partial charge in [-0.05, 0) is 69.4 Å². The zero-order chi connectivity index (χ0) is 19.5. The minimum Gasteiger partial charge on any atom is -0.497 e. The smallest absolute Gasteiger partial charge is 0.341 e. The van der Waals surface area contributed by atoms with Gasteiger partial charge in [-0.25, -0.2) is 4.79 Å². The number of hydrogen-bond acceptors (Lipinski definition) is 4. The van der Waals surface area contributed by atoms with E-state index in [0.29, 0.717) is 17.2 Å². The van der Waals surface area contributed by atoms with Crippen molar-refractivity contribution < 1.29 is 14.3 Å². The Labute approximate surface area is 156 Å². The second-order valence-electron chi connectivity index (χ2n) is 7.95. The van der Waals surface area contributed by atoms with Gasteiger partial charge in [0.1, 0.15) is 11.4 Å². The number of carbonyl (C=O) groups is 1. The second kappa shape index (κ2) is 7.90. The Morgan fingerprint density at radius 2 is 1.77 bits per heavy atom. The van der Waals surface area contributed by atoms with Gasteiger partial charge in [0.05, 0.1) is 18.4 Å². The molecule has 0 saturated carbocycles. The number of ether oxygens (including phenoxy) is 2. The molecule has 4 nitrogen and oxygen atoms in total. The van der Waals surface area contributed by atoms with Crippen molar-refractivity contribution in [3.05, 3.63) is 47.3 Å². The molecule has 0 aliphatic carbocycles. The summed E-state index contributed by atoms with van der Waals surface area (Å²) in [6.45, 7) is 11.8. The number of methoxy groups -OCH3 is 1. The Morgan fingerprint density at radius 1 is 1.15 bits per heavy atom. The molecule has 0 fully saturated rings. The molecule has 0 radical (unpaired) electrons. The highest BCUT2D eigenvalue weighted by Gasteiger charge is 2.24. The number of benzene rings is 1. The Bertz CT molecular complexity index is 771. The normalized spacial score (nSPS) is 11.5. The van der Waals surface area contributed by atoms with Gasteiger partial charge in [0.15, 0.2) is 0 Å². The highest BCUT2D eigenvalue weighted by atomic mass is 16.6. The van der Waals surface area contributed by atoms with Crippen LogP contribution in [-0.4, -0.2) is 23.7 Å². The lowest BCUT2D eigenvalue weighted by Gasteiger charge is -2.22. The lowest BCUT2D eigenvalue weighted by Crippen LogP contribution is -2.25. The molecule has 1 aromatic heterocycles.